The van der Waals surface area contributed by atoms with Gasteiger partial charge in [0.05, 0.1) is 13.7 Å². The molecule has 0 radical (unpaired) electrons. The molecular formula is C11H14ClN5O. The van der Waals surface area contributed by atoms with E-state index in [1.54, 1.807) is 6.20 Å². The Morgan fingerprint density at radius 3 is 3.00 bits per heavy atom. The summed E-state index contributed by atoms with van der Waals surface area (Å²) in [4.78, 5) is 7.98. The number of hydrogen-bond acceptors (Lipinski definition) is 5. The van der Waals surface area contributed by atoms with E-state index in [9.17, 15) is 0 Å². The Hall–Kier alpha value is -1.82. The molecule has 18 heavy (non-hydrogen) atoms. The van der Waals surface area contributed by atoms with Crippen LogP contribution >= 0.6 is 11.6 Å². The monoisotopic (exact) mass is 267 g/mol. The van der Waals surface area contributed by atoms with Crippen molar-refractivity contribution in [2.24, 2.45) is 0 Å². The third-order valence-electron chi connectivity index (χ3n) is 2.37. The van der Waals surface area contributed by atoms with E-state index in [0.29, 0.717) is 16.7 Å². The molecule has 0 bridgehead atoms. The molecule has 0 amide bonds. The van der Waals surface area contributed by atoms with Gasteiger partial charge in [0.2, 0.25) is 0 Å². The van der Waals surface area contributed by atoms with Crippen molar-refractivity contribution in [2.75, 3.05) is 12.4 Å². The van der Waals surface area contributed by atoms with Crippen molar-refractivity contribution < 1.29 is 4.74 Å². The third-order valence-corrected chi connectivity index (χ3v) is 2.64. The molecule has 2 aromatic rings. The van der Waals surface area contributed by atoms with Crippen LogP contribution in [0.3, 0.4) is 0 Å². The quantitative estimate of drug-likeness (QED) is 0.838. The zero-order valence-corrected chi connectivity index (χ0v) is 10.9. The lowest BCUT2D eigenvalue weighted by molar-refractivity contribution is 0.412. The number of halogens is 1. The van der Waals surface area contributed by atoms with Crippen molar-refractivity contribution >= 4 is 17.4 Å². The lowest BCUT2D eigenvalue weighted by Gasteiger charge is -2.16. The van der Waals surface area contributed by atoms with E-state index in [-0.39, 0.29) is 6.04 Å². The molecule has 1 N–H and O–H groups in total. The predicted molar refractivity (Wildman–Crippen MR) is 68.9 cm³/mol. The second-order valence-corrected chi connectivity index (χ2v) is 4.18. The summed E-state index contributed by atoms with van der Waals surface area (Å²) in [7, 11) is 1.54. The van der Waals surface area contributed by atoms with Gasteiger partial charge in [0.25, 0.3) is 0 Å². The van der Waals surface area contributed by atoms with Gasteiger partial charge in [-0.15, -0.1) is 0 Å². The maximum atomic E-state index is 5.92. The van der Waals surface area contributed by atoms with Gasteiger partial charge in [-0.05, 0) is 13.0 Å². The average molecular weight is 268 g/mol. The Balaban J connectivity index is 2.07. The molecule has 0 aliphatic carbocycles. The Morgan fingerprint density at radius 1 is 1.50 bits per heavy atom. The number of methoxy groups -OCH3 is 1. The summed E-state index contributed by atoms with van der Waals surface area (Å²) in [5.74, 6) is 1.03. The van der Waals surface area contributed by atoms with E-state index in [1.165, 1.54) is 13.4 Å². The van der Waals surface area contributed by atoms with Gasteiger partial charge in [-0.25, -0.2) is 9.97 Å². The number of nitrogens with zero attached hydrogens (tertiary/aromatic N) is 4. The van der Waals surface area contributed by atoms with Crippen molar-refractivity contribution in [3.05, 3.63) is 29.9 Å². The van der Waals surface area contributed by atoms with Crippen LogP contribution < -0.4 is 10.1 Å². The van der Waals surface area contributed by atoms with Crippen LogP contribution in [0.2, 0.25) is 5.15 Å². The smallest absolute Gasteiger partial charge is 0.198 e. The van der Waals surface area contributed by atoms with E-state index in [2.05, 4.69) is 20.4 Å². The molecule has 0 spiro atoms. The number of nitrogens with one attached hydrogen (secondary N) is 1. The van der Waals surface area contributed by atoms with Crippen LogP contribution in [0.5, 0.6) is 5.75 Å². The van der Waals surface area contributed by atoms with Gasteiger partial charge < -0.3 is 10.1 Å². The van der Waals surface area contributed by atoms with Crippen LogP contribution in [0.25, 0.3) is 0 Å². The first kappa shape index (κ1) is 12.6. The summed E-state index contributed by atoms with van der Waals surface area (Å²) < 4.78 is 7.01. The zero-order valence-electron chi connectivity index (χ0n) is 10.2. The number of anilines is 1. The first-order valence-electron chi connectivity index (χ1n) is 5.49. The Kier molecular flexibility index (Phi) is 3.99. The number of hydrogen-bond donors (Lipinski definition) is 1. The molecule has 0 aliphatic heterocycles. The molecule has 2 heterocycles. The van der Waals surface area contributed by atoms with Crippen molar-refractivity contribution in [2.45, 2.75) is 19.5 Å². The molecular weight excluding hydrogens is 254 g/mol. The van der Waals surface area contributed by atoms with E-state index >= 15 is 0 Å². The summed E-state index contributed by atoms with van der Waals surface area (Å²) >= 11 is 5.92. The van der Waals surface area contributed by atoms with Gasteiger partial charge in [-0.3, -0.25) is 4.68 Å². The van der Waals surface area contributed by atoms with E-state index in [0.717, 1.165) is 6.54 Å². The van der Waals surface area contributed by atoms with Crippen LogP contribution in [-0.2, 0) is 6.54 Å². The van der Waals surface area contributed by atoms with Crippen LogP contribution in [0.4, 0.5) is 5.82 Å². The Bertz CT molecular complexity index is 502. The minimum absolute atomic E-state index is 0.129. The normalized spacial score (nSPS) is 12.2. The highest BCUT2D eigenvalue weighted by atomic mass is 35.5. The molecule has 96 valence electrons. The molecule has 0 fully saturated rings. The molecule has 1 unspecified atom stereocenters. The second-order valence-electron chi connectivity index (χ2n) is 3.82. The number of aromatic nitrogens is 4. The van der Waals surface area contributed by atoms with Crippen LogP contribution in [0.1, 0.15) is 6.92 Å². The maximum absolute atomic E-state index is 5.92. The minimum atomic E-state index is 0.129. The lowest BCUT2D eigenvalue weighted by Crippen LogP contribution is -2.23. The molecule has 1 atom stereocenters. The summed E-state index contributed by atoms with van der Waals surface area (Å²) in [5.41, 5.74) is 0. The molecule has 6 nitrogen and oxygen atoms in total. The van der Waals surface area contributed by atoms with Gasteiger partial charge >= 0.3 is 0 Å². The standard InChI is InChI=1S/C11H14ClN5O/c1-8(6-17-5-3-4-15-17)16-11-9(18-2)10(12)13-7-14-11/h3-5,7-8H,6H2,1-2H3,(H,13,14,16). The van der Waals surface area contributed by atoms with Crippen molar-refractivity contribution in [3.8, 4) is 5.75 Å². The number of rotatable bonds is 5. The first-order chi connectivity index (χ1) is 8.70. The second kappa shape index (κ2) is 5.68. The summed E-state index contributed by atoms with van der Waals surface area (Å²) in [6.07, 6.45) is 5.05. The largest absolute Gasteiger partial charge is 0.490 e. The first-order valence-corrected chi connectivity index (χ1v) is 5.87. The Morgan fingerprint density at radius 2 is 2.33 bits per heavy atom. The molecule has 0 saturated carbocycles. The minimum Gasteiger partial charge on any atom is -0.490 e. The fourth-order valence-electron chi connectivity index (χ4n) is 1.60. The van der Waals surface area contributed by atoms with Crippen LogP contribution in [-0.4, -0.2) is 32.9 Å². The number of ether oxygens (including phenoxy) is 1. The fraction of sp³-hybridized carbons (Fsp3) is 0.364. The average Bonchev–Trinajstić information content (AvgIpc) is 2.82. The van der Waals surface area contributed by atoms with E-state index in [1.807, 2.05) is 23.9 Å². The fourth-order valence-corrected chi connectivity index (χ4v) is 1.81. The van der Waals surface area contributed by atoms with Crippen molar-refractivity contribution in [1.29, 1.82) is 0 Å². The molecule has 2 rings (SSSR count). The van der Waals surface area contributed by atoms with Gasteiger partial charge in [-0.2, -0.15) is 5.10 Å². The highest BCUT2D eigenvalue weighted by Gasteiger charge is 2.12. The lowest BCUT2D eigenvalue weighted by atomic mass is 10.3. The molecule has 0 aromatic carbocycles. The van der Waals surface area contributed by atoms with E-state index < -0.39 is 0 Å². The van der Waals surface area contributed by atoms with Crippen LogP contribution in [0.15, 0.2) is 24.8 Å². The molecule has 0 aliphatic rings. The molecule has 2 aromatic heterocycles. The summed E-state index contributed by atoms with van der Waals surface area (Å²) in [6, 6.07) is 2.01. The van der Waals surface area contributed by atoms with Gasteiger partial charge in [0.1, 0.15) is 6.33 Å². The highest BCUT2D eigenvalue weighted by Crippen LogP contribution is 2.28. The predicted octanol–water partition coefficient (Wildman–Crippen LogP) is 1.84. The third kappa shape index (κ3) is 2.89. The highest BCUT2D eigenvalue weighted by molar-refractivity contribution is 6.31. The van der Waals surface area contributed by atoms with Gasteiger partial charge in [0.15, 0.2) is 16.7 Å². The van der Waals surface area contributed by atoms with Crippen LogP contribution in [0, 0.1) is 0 Å². The topological polar surface area (TPSA) is 64.9 Å². The zero-order chi connectivity index (χ0) is 13.0. The van der Waals surface area contributed by atoms with Crippen molar-refractivity contribution in [1.82, 2.24) is 19.7 Å². The van der Waals surface area contributed by atoms with Crippen molar-refractivity contribution in [3.63, 3.8) is 0 Å². The maximum Gasteiger partial charge on any atom is 0.198 e. The molecule has 7 heteroatoms. The van der Waals surface area contributed by atoms with Gasteiger partial charge in [-0.1, -0.05) is 11.6 Å². The van der Waals surface area contributed by atoms with E-state index in [4.69, 9.17) is 16.3 Å². The summed E-state index contributed by atoms with van der Waals surface area (Å²) in [5, 5.41) is 7.66. The summed E-state index contributed by atoms with van der Waals surface area (Å²) in [6.45, 7) is 2.74. The Labute approximate surface area is 110 Å². The molecule has 0 saturated heterocycles. The SMILES string of the molecule is COc1c(Cl)ncnc1NC(C)Cn1cccn1. The van der Waals surface area contributed by atoms with Gasteiger partial charge in [0, 0.05) is 18.4 Å².